The molecule has 0 aliphatic carbocycles. The van der Waals surface area contributed by atoms with Crippen LogP contribution in [0.4, 0.5) is 0 Å². The molecule has 0 amide bonds. The lowest BCUT2D eigenvalue weighted by molar-refractivity contribution is -0.138. The molecule has 1 aliphatic rings. The lowest BCUT2D eigenvalue weighted by Gasteiger charge is -2.24. The van der Waals surface area contributed by atoms with Crippen molar-refractivity contribution in [2.75, 3.05) is 20.8 Å². The highest BCUT2D eigenvalue weighted by Gasteiger charge is 2.33. The Hall–Kier alpha value is -3.91. The van der Waals surface area contributed by atoms with Crippen molar-refractivity contribution in [3.05, 3.63) is 103 Å². The second-order valence-corrected chi connectivity index (χ2v) is 8.53. The fraction of sp³-hybridized carbons (Fsp3) is 0.192. The predicted octanol–water partition coefficient (Wildman–Crippen LogP) is 2.98. The number of methoxy groups -OCH3 is 2. The van der Waals surface area contributed by atoms with E-state index in [0.29, 0.717) is 32.1 Å². The molecule has 8 heteroatoms. The molecule has 0 radical (unpaired) electrons. The first-order valence-electron chi connectivity index (χ1n) is 10.6. The number of carbonyl (C=O) groups excluding carboxylic acids is 1. The van der Waals surface area contributed by atoms with Crippen LogP contribution in [0.3, 0.4) is 0 Å². The van der Waals surface area contributed by atoms with Crippen LogP contribution in [0.5, 0.6) is 11.5 Å². The minimum atomic E-state index is -0.688. The van der Waals surface area contributed by atoms with Gasteiger partial charge in [0.25, 0.3) is 5.56 Å². The molecule has 0 N–H and O–H groups in total. The third-order valence-electron chi connectivity index (χ3n) is 5.40. The molecule has 1 aliphatic heterocycles. The van der Waals surface area contributed by atoms with Crippen molar-refractivity contribution in [1.82, 2.24) is 4.57 Å². The van der Waals surface area contributed by atoms with Crippen LogP contribution >= 0.6 is 11.3 Å². The zero-order chi connectivity index (χ0) is 24.2. The maximum atomic E-state index is 13.6. The normalized spacial score (nSPS) is 15.4. The van der Waals surface area contributed by atoms with E-state index in [2.05, 4.69) is 11.6 Å². The van der Waals surface area contributed by atoms with E-state index >= 15 is 0 Å². The Bertz CT molecular complexity index is 1450. The molecule has 0 fully saturated rings. The number of allylic oxidation sites excluding steroid dienone is 1. The molecule has 1 aromatic heterocycles. The van der Waals surface area contributed by atoms with Crippen molar-refractivity contribution in [2.24, 2.45) is 4.99 Å². The van der Waals surface area contributed by atoms with Crippen LogP contribution in [0.25, 0.3) is 6.08 Å². The van der Waals surface area contributed by atoms with Gasteiger partial charge in [0.05, 0.1) is 36.1 Å². The average Bonchev–Trinajstić information content (AvgIpc) is 3.16. The summed E-state index contributed by atoms with van der Waals surface area (Å²) >= 11 is 1.27. The third kappa shape index (κ3) is 4.45. The molecule has 0 unspecified atom stereocenters. The number of rotatable bonds is 7. The molecule has 7 nitrogen and oxygen atoms in total. The quantitative estimate of drug-likeness (QED) is 0.387. The lowest BCUT2D eigenvalue weighted by Crippen LogP contribution is -2.39. The summed E-state index contributed by atoms with van der Waals surface area (Å²) in [4.78, 5) is 31.7. The van der Waals surface area contributed by atoms with Crippen molar-refractivity contribution in [1.29, 1.82) is 0 Å². The summed E-state index contributed by atoms with van der Waals surface area (Å²) in [7, 11) is 3.18. The average molecular weight is 477 g/mol. The Morgan fingerprint density at radius 3 is 2.56 bits per heavy atom. The van der Waals surface area contributed by atoms with E-state index < -0.39 is 12.0 Å². The summed E-state index contributed by atoms with van der Waals surface area (Å²) in [5.41, 5.74) is 2.15. The van der Waals surface area contributed by atoms with Crippen molar-refractivity contribution in [3.63, 3.8) is 0 Å². The SMILES string of the molecule is C=CCOC(=O)C1=C(C)N=c2s/c(=C\c3cccc(OC)c3)c(=O)n2[C@H]1c1ccc(OC)cc1. The second-order valence-electron chi connectivity index (χ2n) is 7.52. The van der Waals surface area contributed by atoms with Gasteiger partial charge in [0.1, 0.15) is 18.1 Å². The summed E-state index contributed by atoms with van der Waals surface area (Å²) in [5, 5.41) is 0. The van der Waals surface area contributed by atoms with Gasteiger partial charge in [-0.3, -0.25) is 9.36 Å². The zero-order valence-electron chi connectivity index (χ0n) is 19.1. The van der Waals surface area contributed by atoms with Gasteiger partial charge in [-0.15, -0.1) is 0 Å². The molecule has 3 aromatic rings. The number of esters is 1. The van der Waals surface area contributed by atoms with E-state index in [-0.39, 0.29) is 12.2 Å². The van der Waals surface area contributed by atoms with E-state index in [1.165, 1.54) is 17.4 Å². The van der Waals surface area contributed by atoms with Crippen LogP contribution in [-0.2, 0) is 9.53 Å². The molecule has 34 heavy (non-hydrogen) atoms. The number of benzene rings is 2. The van der Waals surface area contributed by atoms with Crippen LogP contribution in [-0.4, -0.2) is 31.4 Å². The Morgan fingerprint density at radius 1 is 1.15 bits per heavy atom. The first kappa shape index (κ1) is 23.3. The van der Waals surface area contributed by atoms with Gasteiger partial charge in [0.15, 0.2) is 4.80 Å². The highest BCUT2D eigenvalue weighted by molar-refractivity contribution is 7.07. The van der Waals surface area contributed by atoms with Crippen LogP contribution in [0.2, 0.25) is 0 Å². The molecule has 0 bridgehead atoms. The van der Waals surface area contributed by atoms with Crippen LogP contribution in [0.15, 0.2) is 82.2 Å². The molecule has 0 saturated heterocycles. The Kier molecular flexibility index (Phi) is 6.79. The summed E-state index contributed by atoms with van der Waals surface area (Å²) in [6.45, 7) is 5.41. The highest BCUT2D eigenvalue weighted by Crippen LogP contribution is 2.31. The molecule has 2 aromatic carbocycles. The number of nitrogens with zero attached hydrogens (tertiary/aromatic N) is 2. The number of aromatic nitrogens is 1. The largest absolute Gasteiger partial charge is 0.497 e. The smallest absolute Gasteiger partial charge is 0.338 e. The van der Waals surface area contributed by atoms with Gasteiger partial charge in [-0.05, 0) is 48.4 Å². The number of thiazole rings is 1. The molecule has 0 spiro atoms. The van der Waals surface area contributed by atoms with Gasteiger partial charge in [-0.2, -0.15) is 0 Å². The van der Waals surface area contributed by atoms with Crippen molar-refractivity contribution >= 4 is 23.4 Å². The van der Waals surface area contributed by atoms with Crippen molar-refractivity contribution < 1.29 is 19.0 Å². The molecule has 174 valence electrons. The van der Waals surface area contributed by atoms with Gasteiger partial charge in [0.2, 0.25) is 0 Å². The number of carbonyl (C=O) groups is 1. The monoisotopic (exact) mass is 476 g/mol. The highest BCUT2D eigenvalue weighted by atomic mass is 32.1. The van der Waals surface area contributed by atoms with E-state index in [4.69, 9.17) is 14.2 Å². The summed E-state index contributed by atoms with van der Waals surface area (Å²) in [6.07, 6.45) is 3.30. The van der Waals surface area contributed by atoms with E-state index in [1.54, 1.807) is 43.9 Å². The van der Waals surface area contributed by atoms with Crippen molar-refractivity contribution in [2.45, 2.75) is 13.0 Å². The second kappa shape index (κ2) is 9.93. The minimum Gasteiger partial charge on any atom is -0.497 e. The minimum absolute atomic E-state index is 0.0607. The first-order chi connectivity index (χ1) is 16.5. The van der Waals surface area contributed by atoms with E-state index in [0.717, 1.165) is 11.1 Å². The first-order valence-corrected chi connectivity index (χ1v) is 11.4. The van der Waals surface area contributed by atoms with Crippen LogP contribution in [0, 0.1) is 0 Å². The molecule has 4 rings (SSSR count). The maximum Gasteiger partial charge on any atom is 0.338 e. The molecular weight excluding hydrogens is 452 g/mol. The van der Waals surface area contributed by atoms with Crippen LogP contribution in [0.1, 0.15) is 24.1 Å². The maximum absolute atomic E-state index is 13.6. The van der Waals surface area contributed by atoms with Crippen LogP contribution < -0.4 is 24.4 Å². The number of hydrogen-bond donors (Lipinski definition) is 0. The summed E-state index contributed by atoms with van der Waals surface area (Å²) in [6, 6.07) is 14.0. The zero-order valence-corrected chi connectivity index (χ0v) is 19.9. The lowest BCUT2D eigenvalue weighted by atomic mass is 9.96. The summed E-state index contributed by atoms with van der Waals surface area (Å²) in [5.74, 6) is 0.829. The fourth-order valence-electron chi connectivity index (χ4n) is 3.78. The number of fused-ring (bicyclic) bond motifs is 1. The third-order valence-corrected chi connectivity index (χ3v) is 6.38. The Labute approximate surface area is 200 Å². The number of ether oxygens (including phenoxy) is 3. The van der Waals surface area contributed by atoms with Gasteiger partial charge < -0.3 is 14.2 Å². The predicted molar refractivity (Wildman–Crippen MR) is 131 cm³/mol. The Morgan fingerprint density at radius 2 is 1.88 bits per heavy atom. The van der Waals surface area contributed by atoms with Crippen molar-refractivity contribution in [3.8, 4) is 11.5 Å². The number of hydrogen-bond acceptors (Lipinski definition) is 7. The summed E-state index contributed by atoms with van der Waals surface area (Å²) < 4.78 is 18.0. The van der Waals surface area contributed by atoms with E-state index in [1.807, 2.05) is 36.4 Å². The van der Waals surface area contributed by atoms with Gasteiger partial charge in [0, 0.05) is 0 Å². The van der Waals surface area contributed by atoms with E-state index in [9.17, 15) is 9.59 Å². The molecule has 1 atom stereocenters. The standard InChI is InChI=1S/C26H24N2O5S/c1-5-13-33-25(30)22-16(2)27-26-28(23(22)18-9-11-19(31-3)12-10-18)24(29)21(34-26)15-17-7-6-8-20(14-17)32-4/h5-12,14-15,23H,1,13H2,2-4H3/b21-15-/t23-/m0/s1. The van der Waals surface area contributed by atoms with Gasteiger partial charge >= 0.3 is 5.97 Å². The van der Waals surface area contributed by atoms with Gasteiger partial charge in [-0.1, -0.05) is 48.3 Å². The molecular formula is C26H24N2O5S. The fourth-order valence-corrected chi connectivity index (χ4v) is 4.83. The Balaban J connectivity index is 1.91. The topological polar surface area (TPSA) is 79.1 Å². The van der Waals surface area contributed by atoms with Gasteiger partial charge in [-0.25, -0.2) is 9.79 Å². The molecule has 2 heterocycles. The molecule has 0 saturated carbocycles.